The summed E-state index contributed by atoms with van der Waals surface area (Å²) in [6.07, 6.45) is 0. The van der Waals surface area contributed by atoms with Gasteiger partial charge in [-0.15, -0.1) is 0 Å². The number of hydrogen-bond acceptors (Lipinski definition) is 4. The van der Waals surface area contributed by atoms with E-state index in [0.717, 1.165) is 0 Å². The molecule has 0 unspecified atom stereocenters. The van der Waals surface area contributed by atoms with Gasteiger partial charge in [-0.1, -0.05) is 12.1 Å². The van der Waals surface area contributed by atoms with E-state index in [1.165, 1.54) is 31.4 Å². The molecular weight excluding hydrogens is 308 g/mol. The van der Waals surface area contributed by atoms with Crippen LogP contribution >= 0.6 is 0 Å². The first-order valence-corrected chi connectivity index (χ1v) is 6.69. The number of ether oxygens (including phenoxy) is 3. The predicted octanol–water partition coefficient (Wildman–Crippen LogP) is 3.31. The molecule has 0 bridgehead atoms. The number of hydrogen-bond donors (Lipinski definition) is 1. The van der Waals surface area contributed by atoms with Crippen molar-refractivity contribution in [1.82, 2.24) is 0 Å². The summed E-state index contributed by atoms with van der Waals surface area (Å²) in [5, 5.41) is 2.58. The van der Waals surface area contributed by atoms with Gasteiger partial charge in [-0.3, -0.25) is 4.79 Å². The maximum atomic E-state index is 12.0. The highest BCUT2D eigenvalue weighted by molar-refractivity contribution is 5.91. The number of para-hydroxylation sites is 2. The summed E-state index contributed by atoms with van der Waals surface area (Å²) < 4.78 is 38.8. The SMILES string of the molecule is COc1ccccc1OCC(=O)Nc1ccc(OC(F)F)cc1. The lowest BCUT2D eigenvalue weighted by Gasteiger charge is -2.11. The van der Waals surface area contributed by atoms with Gasteiger partial charge in [0.05, 0.1) is 7.11 Å². The molecule has 0 radical (unpaired) electrons. The Morgan fingerprint density at radius 3 is 2.35 bits per heavy atom. The fraction of sp³-hybridized carbons (Fsp3) is 0.188. The summed E-state index contributed by atoms with van der Waals surface area (Å²) in [6, 6.07) is 12.5. The molecule has 0 saturated carbocycles. The van der Waals surface area contributed by atoms with Gasteiger partial charge in [0, 0.05) is 5.69 Å². The maximum Gasteiger partial charge on any atom is 0.387 e. The average Bonchev–Trinajstić information content (AvgIpc) is 2.54. The minimum Gasteiger partial charge on any atom is -0.493 e. The van der Waals surface area contributed by atoms with Crippen LogP contribution in [0.1, 0.15) is 0 Å². The van der Waals surface area contributed by atoms with E-state index in [9.17, 15) is 13.6 Å². The smallest absolute Gasteiger partial charge is 0.387 e. The number of alkyl halides is 2. The van der Waals surface area contributed by atoms with Crippen LogP contribution < -0.4 is 19.5 Å². The number of carbonyl (C=O) groups is 1. The Morgan fingerprint density at radius 2 is 1.74 bits per heavy atom. The highest BCUT2D eigenvalue weighted by Crippen LogP contribution is 2.25. The summed E-state index contributed by atoms with van der Waals surface area (Å²) in [4.78, 5) is 11.8. The zero-order valence-corrected chi connectivity index (χ0v) is 12.3. The molecule has 1 N–H and O–H groups in total. The molecule has 0 spiro atoms. The van der Waals surface area contributed by atoms with Gasteiger partial charge in [-0.25, -0.2) is 0 Å². The third-order valence-electron chi connectivity index (χ3n) is 2.79. The van der Waals surface area contributed by atoms with Gasteiger partial charge in [0.2, 0.25) is 0 Å². The second kappa shape index (κ2) is 7.98. The Hall–Kier alpha value is -2.83. The third kappa shape index (κ3) is 5.14. The number of methoxy groups -OCH3 is 1. The van der Waals surface area contributed by atoms with Crippen molar-refractivity contribution in [2.75, 3.05) is 19.0 Å². The van der Waals surface area contributed by atoms with Crippen molar-refractivity contribution in [3.8, 4) is 17.2 Å². The molecule has 0 aromatic heterocycles. The minimum atomic E-state index is -2.88. The number of benzene rings is 2. The van der Waals surface area contributed by atoms with Crippen LogP contribution in [0.15, 0.2) is 48.5 Å². The van der Waals surface area contributed by atoms with Gasteiger partial charge in [-0.05, 0) is 36.4 Å². The molecule has 2 aromatic carbocycles. The van der Waals surface area contributed by atoms with Gasteiger partial charge in [-0.2, -0.15) is 8.78 Å². The molecule has 5 nitrogen and oxygen atoms in total. The Morgan fingerprint density at radius 1 is 1.09 bits per heavy atom. The molecule has 2 aromatic rings. The quantitative estimate of drug-likeness (QED) is 0.849. The van der Waals surface area contributed by atoms with E-state index in [1.54, 1.807) is 24.3 Å². The fourth-order valence-electron chi connectivity index (χ4n) is 1.80. The monoisotopic (exact) mass is 323 g/mol. The van der Waals surface area contributed by atoms with Crippen molar-refractivity contribution in [1.29, 1.82) is 0 Å². The number of anilines is 1. The Labute approximate surface area is 131 Å². The Bertz CT molecular complexity index is 647. The lowest BCUT2D eigenvalue weighted by molar-refractivity contribution is -0.118. The van der Waals surface area contributed by atoms with Crippen LogP contribution in [0.2, 0.25) is 0 Å². The van der Waals surface area contributed by atoms with Gasteiger partial charge in [0.1, 0.15) is 5.75 Å². The summed E-state index contributed by atoms with van der Waals surface area (Å²) >= 11 is 0. The van der Waals surface area contributed by atoms with Crippen molar-refractivity contribution in [3.05, 3.63) is 48.5 Å². The van der Waals surface area contributed by atoms with Crippen LogP contribution in [-0.2, 0) is 4.79 Å². The van der Waals surface area contributed by atoms with Crippen LogP contribution in [-0.4, -0.2) is 26.2 Å². The zero-order chi connectivity index (χ0) is 16.7. The third-order valence-corrected chi connectivity index (χ3v) is 2.79. The first kappa shape index (κ1) is 16.5. The molecule has 7 heteroatoms. The lowest BCUT2D eigenvalue weighted by atomic mass is 10.3. The first-order chi connectivity index (χ1) is 11.1. The highest BCUT2D eigenvalue weighted by Gasteiger charge is 2.08. The summed E-state index contributed by atoms with van der Waals surface area (Å²) in [5.41, 5.74) is 0.445. The van der Waals surface area contributed by atoms with E-state index in [2.05, 4.69) is 10.1 Å². The largest absolute Gasteiger partial charge is 0.493 e. The van der Waals surface area contributed by atoms with Crippen LogP contribution in [0.3, 0.4) is 0 Å². The van der Waals surface area contributed by atoms with Crippen LogP contribution in [0.25, 0.3) is 0 Å². The Balaban J connectivity index is 1.87. The lowest BCUT2D eigenvalue weighted by Crippen LogP contribution is -2.20. The van der Waals surface area contributed by atoms with Gasteiger partial charge in [0.25, 0.3) is 5.91 Å². The molecule has 0 aliphatic heterocycles. The Kier molecular flexibility index (Phi) is 5.74. The topological polar surface area (TPSA) is 56.8 Å². The highest BCUT2D eigenvalue weighted by atomic mass is 19.3. The first-order valence-electron chi connectivity index (χ1n) is 6.69. The molecule has 23 heavy (non-hydrogen) atoms. The van der Waals surface area contributed by atoms with E-state index in [1.807, 2.05) is 0 Å². The second-order valence-corrected chi connectivity index (χ2v) is 4.39. The van der Waals surface area contributed by atoms with Crippen LogP contribution in [0.4, 0.5) is 14.5 Å². The molecule has 0 aliphatic rings. The number of rotatable bonds is 7. The number of nitrogens with one attached hydrogen (secondary N) is 1. The van der Waals surface area contributed by atoms with E-state index in [-0.39, 0.29) is 12.4 Å². The van der Waals surface area contributed by atoms with E-state index in [4.69, 9.17) is 9.47 Å². The van der Waals surface area contributed by atoms with E-state index >= 15 is 0 Å². The molecule has 0 atom stereocenters. The van der Waals surface area contributed by atoms with Crippen molar-refractivity contribution in [2.45, 2.75) is 6.61 Å². The van der Waals surface area contributed by atoms with Gasteiger partial charge < -0.3 is 19.5 Å². The van der Waals surface area contributed by atoms with Crippen LogP contribution in [0, 0.1) is 0 Å². The van der Waals surface area contributed by atoms with Crippen molar-refractivity contribution < 1.29 is 27.8 Å². The molecule has 1 amide bonds. The van der Waals surface area contributed by atoms with Crippen molar-refractivity contribution in [2.24, 2.45) is 0 Å². The second-order valence-electron chi connectivity index (χ2n) is 4.39. The number of halogens is 2. The molecule has 2 rings (SSSR count). The average molecular weight is 323 g/mol. The zero-order valence-electron chi connectivity index (χ0n) is 12.3. The standard InChI is InChI=1S/C16H15F2NO4/c1-21-13-4-2-3-5-14(13)22-10-15(20)19-11-6-8-12(9-7-11)23-16(17)18/h2-9,16H,10H2,1H3,(H,19,20). The van der Waals surface area contributed by atoms with Gasteiger partial charge in [0.15, 0.2) is 18.1 Å². The molecule has 0 saturated heterocycles. The summed E-state index contributed by atoms with van der Waals surface area (Å²) in [5.74, 6) is 0.598. The summed E-state index contributed by atoms with van der Waals surface area (Å²) in [7, 11) is 1.51. The normalized spacial score (nSPS) is 10.3. The van der Waals surface area contributed by atoms with E-state index < -0.39 is 12.5 Å². The minimum absolute atomic E-state index is 0.0169. The molecule has 0 fully saturated rings. The molecule has 122 valence electrons. The molecule has 0 aliphatic carbocycles. The van der Waals surface area contributed by atoms with Crippen LogP contribution in [0.5, 0.6) is 17.2 Å². The van der Waals surface area contributed by atoms with Crippen molar-refractivity contribution >= 4 is 11.6 Å². The molecule has 0 heterocycles. The van der Waals surface area contributed by atoms with Gasteiger partial charge >= 0.3 is 6.61 Å². The number of amides is 1. The fourth-order valence-corrected chi connectivity index (χ4v) is 1.80. The van der Waals surface area contributed by atoms with Crippen molar-refractivity contribution in [3.63, 3.8) is 0 Å². The summed E-state index contributed by atoms with van der Waals surface area (Å²) in [6.45, 7) is -3.10. The predicted molar refractivity (Wildman–Crippen MR) is 80.2 cm³/mol. The maximum absolute atomic E-state index is 12.0. The molecular formula is C16H15F2NO4. The number of carbonyl (C=O) groups excluding carboxylic acids is 1. The van der Waals surface area contributed by atoms with E-state index in [0.29, 0.717) is 17.2 Å².